The van der Waals surface area contributed by atoms with Crippen LogP contribution >= 0.6 is 15.9 Å². The molecule has 0 unspecified atom stereocenters. The molecule has 3 aromatic carbocycles. The standard InChI is InChI=1S/C30H31BrN4O4/c1-3-5-17-35-27(20-11-7-6-8-12-20)25(28(36)39-4-2)26(34-30(35)38)21-13-9-15-23(18-21)32-29(37)33-24-16-10-14-22(31)19-24/h6-16,18-19,26H,3-5,17H2,1-2H3,(H,34,38)(H2,32,33,37)/t26-/m0/s1. The average molecular weight is 592 g/mol. The van der Waals surface area contributed by atoms with E-state index in [1.165, 1.54) is 0 Å². The minimum atomic E-state index is -0.778. The van der Waals surface area contributed by atoms with Crippen LogP contribution in [0.1, 0.15) is 43.9 Å². The number of unbranched alkanes of at least 4 members (excludes halogenated alkanes) is 1. The maximum absolute atomic E-state index is 13.4. The van der Waals surface area contributed by atoms with Gasteiger partial charge in [-0.25, -0.2) is 14.4 Å². The zero-order valence-electron chi connectivity index (χ0n) is 21.9. The average Bonchev–Trinajstić information content (AvgIpc) is 2.92. The van der Waals surface area contributed by atoms with Gasteiger partial charge in [0.05, 0.1) is 23.9 Å². The van der Waals surface area contributed by atoms with E-state index in [2.05, 4.69) is 31.9 Å². The van der Waals surface area contributed by atoms with Gasteiger partial charge >= 0.3 is 18.0 Å². The Hall–Kier alpha value is -4.11. The predicted octanol–water partition coefficient (Wildman–Crippen LogP) is 6.93. The summed E-state index contributed by atoms with van der Waals surface area (Å²) in [5.74, 6) is -0.506. The largest absolute Gasteiger partial charge is 0.463 e. The third kappa shape index (κ3) is 6.86. The van der Waals surface area contributed by atoms with Crippen molar-refractivity contribution in [2.24, 2.45) is 0 Å². The van der Waals surface area contributed by atoms with E-state index < -0.39 is 18.0 Å². The molecule has 4 rings (SSSR count). The molecule has 4 amide bonds. The van der Waals surface area contributed by atoms with Crippen molar-refractivity contribution in [1.29, 1.82) is 0 Å². The lowest BCUT2D eigenvalue weighted by Gasteiger charge is -2.37. The van der Waals surface area contributed by atoms with Gasteiger partial charge in [0.25, 0.3) is 0 Å². The van der Waals surface area contributed by atoms with E-state index in [1.54, 1.807) is 42.2 Å². The molecular formula is C30H31BrN4O4. The fraction of sp³-hybridized carbons (Fsp3) is 0.233. The molecule has 39 heavy (non-hydrogen) atoms. The van der Waals surface area contributed by atoms with Crippen molar-refractivity contribution in [3.63, 3.8) is 0 Å². The van der Waals surface area contributed by atoms with Crippen LogP contribution in [0.5, 0.6) is 0 Å². The number of nitrogens with zero attached hydrogens (tertiary/aromatic N) is 1. The number of ether oxygens (including phenoxy) is 1. The van der Waals surface area contributed by atoms with Crippen molar-refractivity contribution in [2.45, 2.75) is 32.7 Å². The summed E-state index contributed by atoms with van der Waals surface area (Å²) >= 11 is 3.39. The molecule has 202 valence electrons. The molecule has 0 aliphatic carbocycles. The van der Waals surface area contributed by atoms with Gasteiger partial charge in [0.1, 0.15) is 0 Å². The number of anilines is 2. The molecule has 0 spiro atoms. The molecule has 0 saturated heterocycles. The Morgan fingerprint density at radius 1 is 0.949 bits per heavy atom. The second-order valence-corrected chi connectivity index (χ2v) is 9.87. The van der Waals surface area contributed by atoms with E-state index in [0.29, 0.717) is 34.8 Å². The third-order valence-electron chi connectivity index (χ3n) is 6.16. The van der Waals surface area contributed by atoms with Gasteiger partial charge in [-0.05, 0) is 54.8 Å². The summed E-state index contributed by atoms with van der Waals surface area (Å²) in [6.45, 7) is 4.45. The van der Waals surface area contributed by atoms with Crippen molar-refractivity contribution < 1.29 is 19.1 Å². The maximum Gasteiger partial charge on any atom is 0.338 e. The second-order valence-electron chi connectivity index (χ2n) is 8.95. The fourth-order valence-electron chi connectivity index (χ4n) is 4.42. The van der Waals surface area contributed by atoms with Crippen LogP contribution < -0.4 is 16.0 Å². The summed E-state index contributed by atoms with van der Waals surface area (Å²) in [7, 11) is 0. The van der Waals surface area contributed by atoms with Crippen LogP contribution in [0.3, 0.4) is 0 Å². The first-order chi connectivity index (χ1) is 18.9. The topological polar surface area (TPSA) is 99.8 Å². The molecule has 3 N–H and O–H groups in total. The summed E-state index contributed by atoms with van der Waals surface area (Å²) in [5.41, 5.74) is 3.39. The summed E-state index contributed by atoms with van der Waals surface area (Å²) in [6, 6.07) is 22.2. The highest BCUT2D eigenvalue weighted by atomic mass is 79.9. The van der Waals surface area contributed by atoms with Crippen LogP contribution in [0.4, 0.5) is 21.0 Å². The van der Waals surface area contributed by atoms with E-state index >= 15 is 0 Å². The molecule has 1 atom stereocenters. The van der Waals surface area contributed by atoms with Crippen molar-refractivity contribution >= 4 is 51.0 Å². The van der Waals surface area contributed by atoms with Crippen molar-refractivity contribution in [3.8, 4) is 0 Å². The number of amides is 4. The number of urea groups is 2. The Labute approximate surface area is 236 Å². The van der Waals surface area contributed by atoms with Crippen molar-refractivity contribution in [3.05, 3.63) is 100 Å². The van der Waals surface area contributed by atoms with Crippen LogP contribution in [0.15, 0.2) is 88.9 Å². The van der Waals surface area contributed by atoms with Crippen LogP contribution in [0, 0.1) is 0 Å². The van der Waals surface area contributed by atoms with Crippen molar-refractivity contribution in [2.75, 3.05) is 23.8 Å². The maximum atomic E-state index is 13.4. The first-order valence-corrected chi connectivity index (χ1v) is 13.7. The number of carbonyl (C=O) groups excluding carboxylic acids is 3. The quantitative estimate of drug-likeness (QED) is 0.235. The van der Waals surface area contributed by atoms with Gasteiger partial charge in [-0.2, -0.15) is 0 Å². The summed E-state index contributed by atoms with van der Waals surface area (Å²) in [6.07, 6.45) is 1.66. The molecule has 8 nitrogen and oxygen atoms in total. The zero-order valence-corrected chi connectivity index (χ0v) is 23.5. The summed E-state index contributed by atoms with van der Waals surface area (Å²) in [5, 5.41) is 8.63. The number of carbonyl (C=O) groups is 3. The van der Waals surface area contributed by atoms with E-state index in [9.17, 15) is 14.4 Å². The van der Waals surface area contributed by atoms with E-state index in [-0.39, 0.29) is 12.6 Å². The number of nitrogens with one attached hydrogen (secondary N) is 3. The Morgan fingerprint density at radius 2 is 1.64 bits per heavy atom. The van der Waals surface area contributed by atoms with Gasteiger partial charge in [0, 0.05) is 22.4 Å². The normalized spacial score (nSPS) is 15.0. The minimum absolute atomic E-state index is 0.192. The molecule has 0 radical (unpaired) electrons. The SMILES string of the molecule is CCCCN1C(=O)N[C@@H](c2cccc(NC(=O)Nc3cccc(Br)c3)c2)C(C(=O)OCC)=C1c1ccccc1. The molecule has 1 aliphatic heterocycles. The Kier molecular flexibility index (Phi) is 9.38. The zero-order chi connectivity index (χ0) is 27.8. The Bertz CT molecular complexity index is 1380. The summed E-state index contributed by atoms with van der Waals surface area (Å²) in [4.78, 5) is 41.2. The number of rotatable bonds is 9. The smallest absolute Gasteiger partial charge is 0.338 e. The number of esters is 1. The Balaban J connectivity index is 1.72. The number of hydrogen-bond donors (Lipinski definition) is 3. The van der Waals surface area contributed by atoms with Crippen LogP contribution in [-0.4, -0.2) is 36.1 Å². The number of hydrogen-bond acceptors (Lipinski definition) is 4. The number of halogens is 1. The molecule has 9 heteroatoms. The predicted molar refractivity (Wildman–Crippen MR) is 156 cm³/mol. The molecule has 0 bridgehead atoms. The van der Waals surface area contributed by atoms with E-state index in [4.69, 9.17) is 4.74 Å². The van der Waals surface area contributed by atoms with Gasteiger partial charge in [-0.15, -0.1) is 0 Å². The lowest BCUT2D eigenvalue weighted by atomic mass is 9.91. The molecule has 1 heterocycles. The molecular weight excluding hydrogens is 560 g/mol. The van der Waals surface area contributed by atoms with Crippen LogP contribution in [0.2, 0.25) is 0 Å². The van der Waals surface area contributed by atoms with E-state index in [0.717, 1.165) is 22.9 Å². The molecule has 0 aromatic heterocycles. The monoisotopic (exact) mass is 590 g/mol. The molecule has 0 saturated carbocycles. The van der Waals surface area contributed by atoms with Crippen LogP contribution in [-0.2, 0) is 9.53 Å². The van der Waals surface area contributed by atoms with Crippen molar-refractivity contribution in [1.82, 2.24) is 10.2 Å². The third-order valence-corrected chi connectivity index (χ3v) is 6.66. The Morgan fingerprint density at radius 3 is 2.31 bits per heavy atom. The van der Waals surface area contributed by atoms with Gasteiger partial charge in [-0.3, -0.25) is 4.90 Å². The van der Waals surface area contributed by atoms with E-state index in [1.807, 2.05) is 55.5 Å². The number of benzene rings is 3. The first-order valence-electron chi connectivity index (χ1n) is 12.9. The van der Waals surface area contributed by atoms with Crippen LogP contribution in [0.25, 0.3) is 5.70 Å². The van der Waals surface area contributed by atoms with Gasteiger partial charge < -0.3 is 20.7 Å². The molecule has 0 fully saturated rings. The summed E-state index contributed by atoms with van der Waals surface area (Å²) < 4.78 is 6.33. The molecule has 1 aliphatic rings. The highest BCUT2D eigenvalue weighted by molar-refractivity contribution is 9.10. The van der Waals surface area contributed by atoms with Gasteiger partial charge in [-0.1, -0.05) is 77.8 Å². The first kappa shape index (κ1) is 27.9. The van der Waals surface area contributed by atoms with Gasteiger partial charge in [0.2, 0.25) is 0 Å². The lowest BCUT2D eigenvalue weighted by molar-refractivity contribution is -0.138. The highest BCUT2D eigenvalue weighted by Gasteiger charge is 2.38. The minimum Gasteiger partial charge on any atom is -0.463 e. The second kappa shape index (κ2) is 13.1. The highest BCUT2D eigenvalue weighted by Crippen LogP contribution is 2.37. The van der Waals surface area contributed by atoms with Gasteiger partial charge in [0.15, 0.2) is 0 Å². The molecule has 3 aromatic rings. The fourth-order valence-corrected chi connectivity index (χ4v) is 4.82. The lowest BCUT2D eigenvalue weighted by Crippen LogP contribution is -2.48.